The van der Waals surface area contributed by atoms with Gasteiger partial charge in [-0.1, -0.05) is 46.9 Å². The molecule has 5 aliphatic heterocycles. The fourth-order valence-electron chi connectivity index (χ4n) is 10.8. The number of hydrogen-bond acceptors (Lipinski definition) is 29. The molecular weight excluding hydrogens is 1700 g/mol. The van der Waals surface area contributed by atoms with E-state index in [9.17, 15) is 57.5 Å². The third-order valence-electron chi connectivity index (χ3n) is 15.8. The van der Waals surface area contributed by atoms with Gasteiger partial charge in [0, 0.05) is 47.0 Å². The Morgan fingerprint density at radius 1 is 0.544 bits per heavy atom. The summed E-state index contributed by atoms with van der Waals surface area (Å²) in [5.41, 5.74) is 4.65. The van der Waals surface area contributed by atoms with Crippen molar-refractivity contribution >= 4 is 129 Å². The van der Waals surface area contributed by atoms with Gasteiger partial charge in [0.1, 0.15) is 20.2 Å². The molecule has 0 spiro atoms. The van der Waals surface area contributed by atoms with E-state index in [-0.39, 0.29) is 66.8 Å². The van der Waals surface area contributed by atoms with Crippen molar-refractivity contribution in [2.24, 2.45) is 20.2 Å². The second kappa shape index (κ2) is 34.0. The van der Waals surface area contributed by atoms with Gasteiger partial charge in [-0.3, -0.25) is 14.9 Å². The van der Waals surface area contributed by atoms with Crippen LogP contribution in [0.1, 0.15) is 62.1 Å². The summed E-state index contributed by atoms with van der Waals surface area (Å²) in [6.45, 7) is 8.83. The Hall–Kier alpha value is -9.71. The second-order valence-electron chi connectivity index (χ2n) is 24.2. The monoisotopic (exact) mass is 1750 g/mol. The molecule has 0 fully saturated rings. The predicted molar refractivity (Wildman–Crippen MR) is 410 cm³/mol. The van der Waals surface area contributed by atoms with Crippen LogP contribution in [0.5, 0.6) is 5.88 Å². The van der Waals surface area contributed by atoms with Crippen LogP contribution in [0.4, 0.5) is 52.7 Å². The van der Waals surface area contributed by atoms with Crippen LogP contribution in [0.25, 0.3) is 45.6 Å². The van der Waals surface area contributed by atoms with Crippen molar-refractivity contribution in [1.82, 2.24) is 100 Å². The molecule has 0 unspecified atom stereocenters. The van der Waals surface area contributed by atoms with Gasteiger partial charge in [-0.05, 0) is 207 Å². The van der Waals surface area contributed by atoms with Crippen LogP contribution in [0, 0.1) is 27.7 Å². The number of halogens is 14. The Bertz CT molecular complexity index is 5770. The van der Waals surface area contributed by atoms with Gasteiger partial charge < -0.3 is 25.8 Å². The molecule has 5 N–H and O–H groups in total. The lowest BCUT2D eigenvalue weighted by atomic mass is 10.1. The maximum atomic E-state index is 13.2. The Labute approximate surface area is 675 Å². The number of ether oxygens (including phenoxy) is 1. The van der Waals surface area contributed by atoms with E-state index in [0.717, 1.165) is 101 Å². The number of amidine groups is 2. The third kappa shape index (κ3) is 19.4. The van der Waals surface area contributed by atoms with Gasteiger partial charge in [0.2, 0.25) is 31.8 Å². The highest BCUT2D eigenvalue weighted by Crippen LogP contribution is 2.42. The van der Waals surface area contributed by atoms with Crippen molar-refractivity contribution in [3.05, 3.63) is 166 Å². The Morgan fingerprint density at radius 2 is 1.08 bits per heavy atom. The first-order chi connectivity index (χ1) is 54.1. The van der Waals surface area contributed by atoms with Crippen LogP contribution in [-0.4, -0.2) is 158 Å². The highest BCUT2D eigenvalue weighted by molar-refractivity contribution is 8.13. The van der Waals surface area contributed by atoms with Gasteiger partial charge in [-0.15, -0.1) is 35.7 Å². The summed E-state index contributed by atoms with van der Waals surface area (Å²) in [7, 11) is 0. The number of H-pyrrole nitrogens is 2. The molecule has 7 aromatic heterocycles. The lowest BCUT2D eigenvalue weighted by molar-refractivity contribution is -0.138. The predicted octanol–water partition coefficient (Wildman–Crippen LogP) is 15.8. The number of rotatable bonds is 9. The van der Waals surface area contributed by atoms with E-state index >= 15 is 0 Å². The smallest absolute Gasteiger partial charge is 0.407 e. The summed E-state index contributed by atoms with van der Waals surface area (Å²) >= 11 is 21.0. The number of aryl methyl sites for hydroxylation is 4. The summed E-state index contributed by atoms with van der Waals surface area (Å²) in [4.78, 5) is 48.8. The van der Waals surface area contributed by atoms with Gasteiger partial charge in [0.25, 0.3) is 11.6 Å². The summed E-state index contributed by atoms with van der Waals surface area (Å²) in [6, 6.07) is 16.8. The summed E-state index contributed by atoms with van der Waals surface area (Å²) in [5, 5.41) is 51.6. The van der Waals surface area contributed by atoms with Gasteiger partial charge in [-0.25, -0.2) is 34.6 Å². The zero-order chi connectivity index (χ0) is 81.3. The van der Waals surface area contributed by atoms with E-state index in [2.05, 4.69) is 112 Å². The van der Waals surface area contributed by atoms with E-state index in [0.29, 0.717) is 106 Å². The van der Waals surface area contributed by atoms with E-state index in [1.54, 1.807) is 69.0 Å². The number of aliphatic imine (C=N–C) groups is 2. The number of nitrogens with one attached hydrogen (secondary N) is 5. The molecule has 11 aromatic rings. The fourth-order valence-corrected chi connectivity index (χ4v) is 16.0. The molecule has 0 amide bonds. The summed E-state index contributed by atoms with van der Waals surface area (Å²) in [6.07, 6.45) is -8.60. The number of nitrogens with zero attached hydrogens (tertiary/aromatic N) is 20. The van der Waals surface area contributed by atoms with Crippen molar-refractivity contribution in [1.29, 1.82) is 0 Å². The van der Waals surface area contributed by atoms with Crippen LogP contribution in [0.3, 0.4) is 0 Å². The van der Waals surface area contributed by atoms with Crippen LogP contribution in [0.15, 0.2) is 160 Å². The minimum absolute atomic E-state index is 0.0410. The number of aromatic amines is 2. The lowest BCUT2D eigenvalue weighted by Gasteiger charge is -2.18. The van der Waals surface area contributed by atoms with Crippen LogP contribution >= 0.6 is 106 Å². The third-order valence-corrected chi connectivity index (χ3v) is 21.7. The number of hydrogen-bond donors (Lipinski definition) is 5. The number of aromatic nitrogens is 18. The van der Waals surface area contributed by atoms with Crippen molar-refractivity contribution in [3.63, 3.8) is 0 Å². The average molecular weight is 1750 g/mol. The van der Waals surface area contributed by atoms with Crippen molar-refractivity contribution in [2.75, 3.05) is 50.4 Å². The highest BCUT2D eigenvalue weighted by Gasteiger charge is 2.37. The summed E-state index contributed by atoms with van der Waals surface area (Å²) < 4.78 is 168. The van der Waals surface area contributed by atoms with Gasteiger partial charge in [0.15, 0.2) is 38.8 Å². The molecule has 27 nitrogen and oxygen atoms in total. The molecule has 0 aliphatic carbocycles. The van der Waals surface area contributed by atoms with Gasteiger partial charge in [0.05, 0.1) is 63.9 Å². The first kappa shape index (κ1) is 82.3. The molecule has 0 radical (unpaired) electrons. The SMILES string of the molecule is CSC1=NCC2=C(N1)Sc1nnc(-c3cc(C)cc(C(F)(F)F)c3)n1NC2.CSc1nc(Cl)c2c(n1)Sc1nnc(-c3cc(C)cc(C(F)(F)F)c3)n1N=C2.CSc1nc2c(c(=O)[nH]1)C=Nn1c(nnc1-c1cc(C)cc(C(F)(F)F)c1)S2.Cc1cc(-c2nc(Sc3cc(OC4=NCCCN4)nc(Cl)n3)n[nH]2)cc(C(F)(F)F)c1. The average Bonchev–Trinajstić information content (AvgIpc) is 1.63. The van der Waals surface area contributed by atoms with Crippen molar-refractivity contribution < 1.29 is 57.4 Å². The number of thioether (sulfide) groups is 4. The number of alkyl halides is 12. The number of fused-ring (bicyclic) bond motifs is 5. The molecule has 592 valence electrons. The van der Waals surface area contributed by atoms with Crippen molar-refractivity contribution in [3.8, 4) is 51.4 Å². The zero-order valence-corrected chi connectivity index (χ0v) is 66.3. The zero-order valence-electron chi connectivity index (χ0n) is 59.1. The molecule has 0 saturated carbocycles. The topological polar surface area (TPSA) is 326 Å². The Kier molecular flexibility index (Phi) is 24.5. The molecule has 5 aliphatic rings. The Morgan fingerprint density at radius 3 is 1.62 bits per heavy atom. The van der Waals surface area contributed by atoms with Crippen LogP contribution in [0.2, 0.25) is 10.4 Å². The normalized spacial score (nSPS) is 14.3. The van der Waals surface area contributed by atoms with E-state index in [1.807, 2.05) is 12.5 Å². The summed E-state index contributed by atoms with van der Waals surface area (Å²) in [5.74, 6) is 1.07. The first-order valence-electron chi connectivity index (χ1n) is 32.6. The van der Waals surface area contributed by atoms with Crippen molar-refractivity contribution in [2.45, 2.75) is 105 Å². The second-order valence-corrected chi connectivity index (χ2v) is 31.1. The van der Waals surface area contributed by atoms with E-state index in [1.165, 1.54) is 80.6 Å². The molecule has 4 aromatic carbocycles. The highest BCUT2D eigenvalue weighted by atomic mass is 35.5. The fraction of sp³-hybridized carbons (Fsp3) is 0.242. The lowest BCUT2D eigenvalue weighted by Crippen LogP contribution is -2.33. The molecule has 0 saturated heterocycles. The van der Waals surface area contributed by atoms with Gasteiger partial charge in [-0.2, -0.15) is 77.2 Å². The standard InChI is InChI=1S/C18H15ClF3N7OS.C16H10ClF3N6S2.C16H11F3N6OS2.C16H15F3N6S2/c1-9-5-10(7-11(6-9)18(20,21)22)14-27-17(29-28-14)31-13-8-12(25-15(19)26-13)30-16-23-3-2-4-24-16;1-7-3-8(5-9(4-7)16(18,19)20)12-24-25-15-26(12)21-6-10-11(17)22-14(27-2)23-13(10)28-15;1-7-3-8(5-9(4-7)16(17,18)19)11-23-24-15-25(11)20-6-10-12(26)21-14(27-2)22-13(10)28-15;1-8-3-9(5-11(4-8)16(17,18)19)12-23-24-15-25(12)21-7-10-6-20-14(26-2)22-13(10)27-15/h5-8H,2-4H2,1H3,(H,23,24)(H,27,28,29);3-6H,1-2H3;3-6H,1-2H3,(H,21,22,26);3-5,21H,6-7H2,1-2H3,(H,20,22). The number of benzene rings is 4. The minimum atomic E-state index is -4.48. The maximum absolute atomic E-state index is 13.2. The molecule has 48 heteroatoms. The van der Waals surface area contributed by atoms with Crippen LogP contribution < -0.4 is 26.4 Å². The molecule has 0 atom stereocenters. The quantitative estimate of drug-likeness (QED) is 0.0388. The first-order valence-corrected chi connectivity index (χ1v) is 40.3. The molecule has 114 heavy (non-hydrogen) atoms. The molecular formula is C66H51Cl2F12N25O2S7. The van der Waals surface area contributed by atoms with Crippen LogP contribution in [-0.2, 0) is 24.7 Å². The van der Waals surface area contributed by atoms with Gasteiger partial charge >= 0.3 is 24.7 Å². The minimum Gasteiger partial charge on any atom is -0.407 e. The van der Waals surface area contributed by atoms with E-state index in [4.69, 9.17) is 27.9 Å². The largest absolute Gasteiger partial charge is 0.416 e. The molecule has 0 bridgehead atoms. The maximum Gasteiger partial charge on any atom is 0.416 e. The van der Waals surface area contributed by atoms with E-state index < -0.39 is 47.0 Å². The Balaban J connectivity index is 0.000000133. The molecule has 16 rings (SSSR count). The molecule has 12 heterocycles.